The molecule has 0 aliphatic heterocycles. The molecule has 0 aromatic heterocycles. The van der Waals surface area contributed by atoms with Crippen molar-refractivity contribution in [2.75, 3.05) is 0 Å². The Bertz CT molecular complexity index is 1580. The van der Waals surface area contributed by atoms with Crippen LogP contribution >= 0.6 is 0 Å². The third-order valence-electron chi connectivity index (χ3n) is 8.44. The first-order chi connectivity index (χ1) is 19.2. The van der Waals surface area contributed by atoms with Gasteiger partial charge in [-0.1, -0.05) is 39.0 Å². The van der Waals surface area contributed by atoms with Crippen molar-refractivity contribution in [3.63, 3.8) is 0 Å². The van der Waals surface area contributed by atoms with Gasteiger partial charge in [-0.2, -0.15) is 0 Å². The predicted molar refractivity (Wildman–Crippen MR) is 148 cm³/mol. The fraction of sp³-hybridized carbons (Fsp3) is 0.355. The molecule has 214 valence electrons. The van der Waals surface area contributed by atoms with Crippen molar-refractivity contribution in [1.82, 2.24) is 5.32 Å². The van der Waals surface area contributed by atoms with Crippen LogP contribution in [0.2, 0.25) is 0 Å². The third kappa shape index (κ3) is 4.30. The lowest BCUT2D eigenvalue weighted by Gasteiger charge is -2.46. The number of phenols is 1. The number of carbonyl (C=O) groups is 4. The highest BCUT2D eigenvalue weighted by Crippen LogP contribution is 2.53. The van der Waals surface area contributed by atoms with E-state index < -0.39 is 63.8 Å². The van der Waals surface area contributed by atoms with Crippen LogP contribution in [-0.4, -0.2) is 49.4 Å². The Morgan fingerprint density at radius 1 is 1.07 bits per heavy atom. The fourth-order valence-corrected chi connectivity index (χ4v) is 6.36. The summed E-state index contributed by atoms with van der Waals surface area (Å²) in [5, 5.41) is 48.0. The number of carbonyl (C=O) groups excluding carboxylic acids is 4. The second-order valence-corrected chi connectivity index (χ2v) is 12.0. The van der Waals surface area contributed by atoms with E-state index in [9.17, 15) is 39.6 Å². The number of benzene rings is 2. The van der Waals surface area contributed by atoms with Crippen LogP contribution < -0.4 is 11.1 Å². The van der Waals surface area contributed by atoms with Crippen LogP contribution in [0.3, 0.4) is 0 Å². The number of aromatic hydroxyl groups is 1. The van der Waals surface area contributed by atoms with Gasteiger partial charge in [-0.3, -0.25) is 19.2 Å². The standard InChI is InChI=1S/C31H32N2O8/c1-30(2,3)19-11-16(13-33-29(40)14-7-5-4-6-8-14)18-10-15-9-17-12-20(34)23(28(32)39)27(38)31(17,41)26(37)21(15)25(36)22(18)24(19)35/h4-8,11,15,17,35-36,38,41H,9-10,12-13H2,1-3H3,(H2,32,39)(H,33,40)/t15-,17+,31+/m1/s1. The highest BCUT2D eigenvalue weighted by molar-refractivity contribution is 6.22. The quantitative estimate of drug-likeness (QED) is 0.308. The van der Waals surface area contributed by atoms with E-state index in [4.69, 9.17) is 5.73 Å². The largest absolute Gasteiger partial charge is 0.508 e. The van der Waals surface area contributed by atoms with Crippen LogP contribution in [0.25, 0.3) is 5.76 Å². The minimum atomic E-state index is -2.63. The highest BCUT2D eigenvalue weighted by atomic mass is 16.3. The van der Waals surface area contributed by atoms with Crippen LogP contribution in [0.4, 0.5) is 0 Å². The minimum Gasteiger partial charge on any atom is -0.508 e. The maximum absolute atomic E-state index is 13.8. The molecule has 0 bridgehead atoms. The summed E-state index contributed by atoms with van der Waals surface area (Å²) < 4.78 is 0. The van der Waals surface area contributed by atoms with Crippen molar-refractivity contribution in [3.05, 3.63) is 81.1 Å². The van der Waals surface area contributed by atoms with E-state index in [2.05, 4.69) is 5.32 Å². The molecule has 0 saturated heterocycles. The van der Waals surface area contributed by atoms with E-state index in [1.165, 1.54) is 0 Å². The lowest BCUT2D eigenvalue weighted by molar-refractivity contribution is -0.147. The third-order valence-corrected chi connectivity index (χ3v) is 8.44. The molecule has 0 unspecified atom stereocenters. The Labute approximate surface area is 236 Å². The average Bonchev–Trinajstić information content (AvgIpc) is 2.89. The number of aliphatic hydroxyl groups is 3. The summed E-state index contributed by atoms with van der Waals surface area (Å²) in [7, 11) is 0. The van der Waals surface area contributed by atoms with Gasteiger partial charge in [-0.15, -0.1) is 0 Å². The first-order valence-corrected chi connectivity index (χ1v) is 13.4. The summed E-state index contributed by atoms with van der Waals surface area (Å²) >= 11 is 0. The highest BCUT2D eigenvalue weighted by Gasteiger charge is 2.60. The van der Waals surface area contributed by atoms with E-state index in [1.54, 1.807) is 36.4 Å². The lowest BCUT2D eigenvalue weighted by Crippen LogP contribution is -2.58. The van der Waals surface area contributed by atoms with Gasteiger partial charge in [-0.05, 0) is 53.5 Å². The lowest BCUT2D eigenvalue weighted by atomic mass is 9.59. The first-order valence-electron chi connectivity index (χ1n) is 13.4. The minimum absolute atomic E-state index is 0.00788. The van der Waals surface area contributed by atoms with Gasteiger partial charge in [-0.25, -0.2) is 0 Å². The molecule has 1 saturated carbocycles. The van der Waals surface area contributed by atoms with E-state index >= 15 is 0 Å². The Morgan fingerprint density at radius 2 is 1.73 bits per heavy atom. The Hall–Kier alpha value is -4.44. The van der Waals surface area contributed by atoms with Gasteiger partial charge in [0, 0.05) is 35.6 Å². The average molecular weight is 561 g/mol. The van der Waals surface area contributed by atoms with Crippen LogP contribution in [0.15, 0.2) is 53.3 Å². The number of nitrogens with two attached hydrogens (primary N) is 1. The van der Waals surface area contributed by atoms with E-state index in [0.29, 0.717) is 22.3 Å². The summed E-state index contributed by atoms with van der Waals surface area (Å²) in [6.45, 7) is 5.66. The molecule has 3 aliphatic rings. The van der Waals surface area contributed by atoms with Crippen LogP contribution in [0.5, 0.6) is 5.75 Å². The molecule has 10 nitrogen and oxygen atoms in total. The van der Waals surface area contributed by atoms with Gasteiger partial charge in [0.05, 0.1) is 5.56 Å². The van der Waals surface area contributed by atoms with E-state index in [0.717, 1.165) is 0 Å². The Balaban J connectivity index is 1.65. The molecule has 41 heavy (non-hydrogen) atoms. The van der Waals surface area contributed by atoms with Crippen molar-refractivity contribution in [2.24, 2.45) is 17.6 Å². The second kappa shape index (κ2) is 9.59. The molecule has 1 fully saturated rings. The normalized spacial score (nSPS) is 24.0. The zero-order valence-electron chi connectivity index (χ0n) is 22.9. The Kier molecular flexibility index (Phi) is 6.57. The van der Waals surface area contributed by atoms with E-state index in [1.807, 2.05) is 20.8 Å². The molecule has 0 radical (unpaired) electrons. The van der Waals surface area contributed by atoms with Gasteiger partial charge < -0.3 is 31.5 Å². The Morgan fingerprint density at radius 3 is 2.34 bits per heavy atom. The molecule has 3 aliphatic carbocycles. The number of aliphatic hydroxyl groups excluding tert-OH is 2. The fourth-order valence-electron chi connectivity index (χ4n) is 6.36. The smallest absolute Gasteiger partial charge is 0.255 e. The first kappa shape index (κ1) is 28.1. The van der Waals surface area contributed by atoms with E-state index in [-0.39, 0.29) is 42.2 Å². The number of Topliss-reactive ketones (excluding diaryl/α,β-unsaturated/α-hetero) is 2. The zero-order chi connectivity index (χ0) is 30.0. The number of nitrogens with one attached hydrogen (secondary N) is 1. The van der Waals surface area contributed by atoms with Gasteiger partial charge >= 0.3 is 0 Å². The summed E-state index contributed by atoms with van der Waals surface area (Å²) in [6.07, 6.45) is -0.209. The topological polar surface area (TPSA) is 187 Å². The number of rotatable bonds is 4. The van der Waals surface area contributed by atoms with Crippen molar-refractivity contribution in [1.29, 1.82) is 0 Å². The zero-order valence-corrected chi connectivity index (χ0v) is 22.9. The van der Waals surface area contributed by atoms with Crippen LogP contribution in [0.1, 0.15) is 66.2 Å². The van der Waals surface area contributed by atoms with Gasteiger partial charge in [0.2, 0.25) is 5.78 Å². The summed E-state index contributed by atoms with van der Waals surface area (Å²) in [6, 6.07) is 10.4. The summed E-state index contributed by atoms with van der Waals surface area (Å²) in [5.74, 6) is -7.05. The maximum atomic E-state index is 13.8. The molecule has 2 amide bonds. The molecule has 0 heterocycles. The molecule has 2 aromatic rings. The number of amides is 2. The molecule has 0 spiro atoms. The number of fused-ring (bicyclic) bond motifs is 3. The molecule has 3 atom stereocenters. The molecule has 2 aromatic carbocycles. The SMILES string of the molecule is CC(C)(C)c1cc(CNC(=O)c2ccccc2)c2c(c1O)C(O)=C1C(=O)[C@]3(O)C(O)=C(C(N)=O)C(=O)C[C@@H]3C[C@@H]1C2. The summed E-state index contributed by atoms with van der Waals surface area (Å²) in [5.41, 5.74) is 3.08. The van der Waals surface area contributed by atoms with Gasteiger partial charge in [0.25, 0.3) is 11.8 Å². The molecular formula is C31H32N2O8. The van der Waals surface area contributed by atoms with Crippen molar-refractivity contribution < 1.29 is 39.6 Å². The van der Waals surface area contributed by atoms with Crippen LogP contribution in [-0.2, 0) is 32.8 Å². The summed E-state index contributed by atoms with van der Waals surface area (Å²) in [4.78, 5) is 51.1. The number of hydrogen-bond acceptors (Lipinski definition) is 8. The second-order valence-electron chi connectivity index (χ2n) is 12.0. The monoisotopic (exact) mass is 560 g/mol. The maximum Gasteiger partial charge on any atom is 0.255 e. The molecular weight excluding hydrogens is 528 g/mol. The number of primary amides is 1. The molecule has 7 N–H and O–H groups in total. The predicted octanol–water partition coefficient (Wildman–Crippen LogP) is 2.65. The molecule has 5 rings (SSSR count). The van der Waals surface area contributed by atoms with Gasteiger partial charge in [0.1, 0.15) is 22.8 Å². The van der Waals surface area contributed by atoms with Crippen molar-refractivity contribution in [2.45, 2.75) is 57.6 Å². The van der Waals surface area contributed by atoms with Gasteiger partial charge in [0.15, 0.2) is 11.4 Å². The van der Waals surface area contributed by atoms with Crippen molar-refractivity contribution >= 4 is 29.1 Å². The van der Waals surface area contributed by atoms with Crippen molar-refractivity contribution in [3.8, 4) is 5.75 Å². The van der Waals surface area contributed by atoms with Crippen LogP contribution in [0, 0.1) is 11.8 Å². The number of ketones is 2. The number of phenolic OH excluding ortho intramolecular Hbond substituents is 1. The number of hydrogen-bond donors (Lipinski definition) is 6. The molecule has 10 heteroatoms.